The molecule has 0 aromatic heterocycles. The molecule has 2 aromatic rings. The Bertz CT molecular complexity index is 351. The van der Waals surface area contributed by atoms with E-state index in [-0.39, 0.29) is 51.4 Å². The monoisotopic (exact) mass is 256 g/mol. The van der Waals surface area contributed by atoms with Crippen molar-refractivity contribution in [2.75, 3.05) is 0 Å². The van der Waals surface area contributed by atoms with Crippen LogP contribution in [0.3, 0.4) is 0 Å². The Balaban J connectivity index is 0.00000112. The molecule has 0 atom stereocenters. The quantitative estimate of drug-likeness (QED) is 0.400. The third-order valence-electron chi connectivity index (χ3n) is 1.98. The molecule has 3 heteroatoms. The van der Waals surface area contributed by atoms with Gasteiger partial charge in [-0.25, -0.2) is 0 Å². The first kappa shape index (κ1) is 13.9. The number of benzene rings is 2. The summed E-state index contributed by atoms with van der Waals surface area (Å²) in [4.78, 5) is 0. The van der Waals surface area contributed by atoms with Gasteiger partial charge in [0.15, 0.2) is 0 Å². The molecule has 0 N–H and O–H groups in total. The van der Waals surface area contributed by atoms with Crippen molar-refractivity contribution in [2.24, 2.45) is 0 Å². The summed E-state index contributed by atoms with van der Waals surface area (Å²) in [6.45, 7) is 0. The van der Waals surface area contributed by atoms with Crippen LogP contribution in [0.4, 0.5) is 0 Å². The second kappa shape index (κ2) is 7.23. The van der Waals surface area contributed by atoms with Crippen molar-refractivity contribution in [2.45, 2.75) is 0 Å². The Morgan fingerprint density at radius 3 is 1.33 bits per heavy atom. The number of hydrogen-bond acceptors (Lipinski definition) is 1. The van der Waals surface area contributed by atoms with Crippen molar-refractivity contribution in [3.8, 4) is 0 Å². The van der Waals surface area contributed by atoms with Gasteiger partial charge in [-0.15, -0.1) is 0 Å². The molecule has 15 heavy (non-hydrogen) atoms. The molecular weight excluding hydrogens is 246 g/mol. The third kappa shape index (κ3) is 3.97. The summed E-state index contributed by atoms with van der Waals surface area (Å²) in [5.74, 6) is 0. The zero-order valence-corrected chi connectivity index (χ0v) is 13.5. The van der Waals surface area contributed by atoms with Crippen LogP contribution >= 0.6 is 7.12 Å². The van der Waals surface area contributed by atoms with Gasteiger partial charge in [0.2, 0.25) is 0 Å². The van der Waals surface area contributed by atoms with Crippen LogP contribution in [0, 0.1) is 0 Å². The van der Waals surface area contributed by atoms with E-state index in [0.29, 0.717) is 0 Å². The van der Waals surface area contributed by atoms with E-state index in [0.717, 1.165) is 0 Å². The predicted molar refractivity (Wildman–Crippen MR) is 66.4 cm³/mol. The molecule has 0 saturated heterocycles. The molecule has 0 spiro atoms. The van der Waals surface area contributed by atoms with Gasteiger partial charge in [-0.1, -0.05) is 60.7 Å². The van der Waals surface area contributed by atoms with Gasteiger partial charge < -0.3 is 12.2 Å². The SMILES string of the molecule is [K+].[S-]P(c1ccccc1)c1ccccc1. The standard InChI is InChI=1S/C12H10PS.K/c14-13(11-7-3-1-4-8-11)12-9-5-2-6-10-12;/h1-10H;/q-1;+1. The molecule has 70 valence electrons. The Hall–Kier alpha value is 0.856. The first-order chi connectivity index (χ1) is 6.88. The average Bonchev–Trinajstić information content (AvgIpc) is 2.30. The van der Waals surface area contributed by atoms with E-state index < -0.39 is 7.12 Å². The molecule has 2 aromatic carbocycles. The summed E-state index contributed by atoms with van der Waals surface area (Å²) in [5.41, 5.74) is 0. The van der Waals surface area contributed by atoms with Crippen LogP contribution in [-0.4, -0.2) is 0 Å². The van der Waals surface area contributed by atoms with Crippen LogP contribution in [-0.2, 0) is 12.2 Å². The van der Waals surface area contributed by atoms with Gasteiger partial charge >= 0.3 is 51.4 Å². The molecule has 0 aliphatic carbocycles. The first-order valence-corrected chi connectivity index (χ1v) is 6.81. The van der Waals surface area contributed by atoms with E-state index in [4.69, 9.17) is 12.2 Å². The average molecular weight is 256 g/mol. The Kier molecular flexibility index (Phi) is 6.71. The Morgan fingerprint density at radius 1 is 0.667 bits per heavy atom. The second-order valence-corrected chi connectivity index (χ2v) is 5.68. The van der Waals surface area contributed by atoms with Crippen LogP contribution < -0.4 is 62.0 Å². The molecular formula is C12H10KPS. The fraction of sp³-hybridized carbons (Fsp3) is 0. The van der Waals surface area contributed by atoms with E-state index >= 15 is 0 Å². The van der Waals surface area contributed by atoms with Crippen molar-refractivity contribution in [3.63, 3.8) is 0 Å². The Morgan fingerprint density at radius 2 is 1.00 bits per heavy atom. The summed E-state index contributed by atoms with van der Waals surface area (Å²) in [6, 6.07) is 20.6. The molecule has 2 rings (SSSR count). The zero-order valence-electron chi connectivity index (χ0n) is 8.63. The predicted octanol–water partition coefficient (Wildman–Crippen LogP) is -0.415. The van der Waals surface area contributed by atoms with Gasteiger partial charge in [0.25, 0.3) is 0 Å². The van der Waals surface area contributed by atoms with Gasteiger partial charge in [-0.05, 0) is 10.6 Å². The summed E-state index contributed by atoms with van der Waals surface area (Å²) in [5, 5.41) is 2.51. The smallest absolute Gasteiger partial charge is 0.749 e. The fourth-order valence-electron chi connectivity index (χ4n) is 1.28. The van der Waals surface area contributed by atoms with Gasteiger partial charge in [-0.2, -0.15) is 7.12 Å². The topological polar surface area (TPSA) is 0 Å². The largest absolute Gasteiger partial charge is 1.00 e. The molecule has 0 heterocycles. The van der Waals surface area contributed by atoms with Gasteiger partial charge in [0.1, 0.15) is 0 Å². The molecule has 0 unspecified atom stereocenters. The summed E-state index contributed by atoms with van der Waals surface area (Å²) in [7, 11) is -0.587. The van der Waals surface area contributed by atoms with Crippen LogP contribution in [0.5, 0.6) is 0 Å². The van der Waals surface area contributed by atoms with Crippen LogP contribution in [0.15, 0.2) is 60.7 Å². The molecule has 0 nitrogen and oxygen atoms in total. The summed E-state index contributed by atoms with van der Waals surface area (Å²) < 4.78 is 0. The van der Waals surface area contributed by atoms with Crippen molar-refractivity contribution in [1.29, 1.82) is 0 Å². The maximum atomic E-state index is 5.54. The van der Waals surface area contributed by atoms with Crippen molar-refractivity contribution >= 4 is 30.0 Å². The fourth-order valence-corrected chi connectivity index (χ4v) is 3.19. The van der Waals surface area contributed by atoms with Gasteiger partial charge in [0.05, 0.1) is 0 Å². The number of hydrogen-bond donors (Lipinski definition) is 0. The summed E-state index contributed by atoms with van der Waals surface area (Å²) >= 11 is 5.54. The Labute approximate surface area is 140 Å². The van der Waals surface area contributed by atoms with E-state index in [2.05, 4.69) is 24.3 Å². The number of rotatable bonds is 2. The van der Waals surface area contributed by atoms with Crippen molar-refractivity contribution < 1.29 is 51.4 Å². The second-order valence-electron chi connectivity index (χ2n) is 2.97. The minimum atomic E-state index is -0.587. The van der Waals surface area contributed by atoms with Crippen LogP contribution in [0.1, 0.15) is 0 Å². The van der Waals surface area contributed by atoms with E-state index in [9.17, 15) is 0 Å². The van der Waals surface area contributed by atoms with E-state index in [1.165, 1.54) is 10.6 Å². The van der Waals surface area contributed by atoms with Crippen LogP contribution in [0.2, 0.25) is 0 Å². The van der Waals surface area contributed by atoms with E-state index in [1.54, 1.807) is 0 Å². The maximum Gasteiger partial charge on any atom is 1.00 e. The molecule has 0 aliphatic heterocycles. The van der Waals surface area contributed by atoms with Crippen LogP contribution in [0.25, 0.3) is 0 Å². The molecule has 0 bridgehead atoms. The minimum Gasteiger partial charge on any atom is -0.749 e. The van der Waals surface area contributed by atoms with E-state index in [1.807, 2.05) is 36.4 Å². The zero-order chi connectivity index (χ0) is 9.80. The molecule has 0 aliphatic rings. The summed E-state index contributed by atoms with van der Waals surface area (Å²) in [6.07, 6.45) is 0. The normalized spacial score (nSPS) is 9.73. The van der Waals surface area contributed by atoms with Gasteiger partial charge in [-0.3, -0.25) is 0 Å². The molecule has 0 amide bonds. The van der Waals surface area contributed by atoms with Crippen molar-refractivity contribution in [3.05, 3.63) is 60.7 Å². The molecule has 0 saturated carbocycles. The van der Waals surface area contributed by atoms with Crippen molar-refractivity contribution in [1.82, 2.24) is 0 Å². The minimum absolute atomic E-state index is 0. The maximum absolute atomic E-state index is 5.54. The van der Waals surface area contributed by atoms with Gasteiger partial charge in [0, 0.05) is 0 Å². The first-order valence-electron chi connectivity index (χ1n) is 4.45. The third-order valence-corrected chi connectivity index (χ3v) is 4.78. The molecule has 0 radical (unpaired) electrons. The molecule has 0 fully saturated rings.